The lowest BCUT2D eigenvalue weighted by Crippen LogP contribution is -2.61. The number of sulfonamides is 1. The lowest BCUT2D eigenvalue weighted by molar-refractivity contribution is -0.264. The van der Waals surface area contributed by atoms with Gasteiger partial charge in [0.1, 0.15) is 30.1 Å². The third-order valence-electron chi connectivity index (χ3n) is 15.5. The number of piperidine rings is 1. The first-order valence-electron chi connectivity index (χ1n) is 26.7. The number of aliphatic hydroxyl groups is 3. The van der Waals surface area contributed by atoms with Gasteiger partial charge in [-0.25, -0.2) is 17.9 Å². The number of hydrogen-bond acceptors (Lipinski definition) is 16. The summed E-state index contributed by atoms with van der Waals surface area (Å²) >= 11 is 0. The average molecular weight is 1070 g/mol. The lowest BCUT2D eigenvalue weighted by atomic mass is 9.78. The molecule has 2 saturated heterocycles. The zero-order chi connectivity index (χ0) is 54.9. The van der Waals surface area contributed by atoms with Crippen molar-refractivity contribution in [2.24, 2.45) is 35.5 Å². The molecule has 0 spiro atoms. The monoisotopic (exact) mass is 1060 g/mol. The summed E-state index contributed by atoms with van der Waals surface area (Å²) in [4.78, 5) is 72.5. The molecule has 0 aromatic heterocycles. The second-order valence-electron chi connectivity index (χ2n) is 21.5. The number of hydrogen-bond donors (Lipinski definition) is 4. The molecule has 1 aliphatic carbocycles. The van der Waals surface area contributed by atoms with Crippen LogP contribution in [0.3, 0.4) is 0 Å². The topological polar surface area (TPSA) is 251 Å². The Morgan fingerprint density at radius 2 is 1.59 bits per heavy atom. The number of fused-ring (bicyclic) bond motifs is 3. The number of cyclic esters (lactones) is 1. The molecular formula is C55H88N2O16S. The molecule has 0 aromatic carbocycles. The van der Waals surface area contributed by atoms with Gasteiger partial charge in [0.25, 0.3) is 11.7 Å². The molecule has 0 unspecified atom stereocenters. The minimum Gasteiger partial charge on any atom is -0.460 e. The number of carbonyl (C=O) groups is 5. The van der Waals surface area contributed by atoms with E-state index < -0.39 is 93.8 Å². The Balaban J connectivity index is 1.74. The highest BCUT2D eigenvalue weighted by atomic mass is 32.2. The van der Waals surface area contributed by atoms with Crippen LogP contribution in [0.2, 0.25) is 0 Å². The van der Waals surface area contributed by atoms with Gasteiger partial charge in [-0.3, -0.25) is 19.2 Å². The number of Topliss-reactive ketones (excluding diaryl/α,β-unsaturated/α-hetero) is 3. The number of carbonyl (C=O) groups excluding carboxylic acids is 5. The molecule has 0 aromatic rings. The van der Waals surface area contributed by atoms with Crippen LogP contribution >= 0.6 is 0 Å². The Labute approximate surface area is 440 Å². The molecule has 420 valence electrons. The SMILES string of the molecule is COCCOCCS(=O)(=O)N[C@H]1C[C@@H]2CC[C@@H](C)[C@@](O)(O2)C(=O)C(=O)N2CCCC[C@H]2C(=O)O[C@H]([C@H](C)C[C@@H]2CC[C@@H](O)[C@H](OC)C2)CC(=O)[C@H](C)/C=C(\C)[C@@H](O)[C@@H](OC)C(=O)[C@H](C)C[C@H](C)/C=C/C=C/C=C/1C. The van der Waals surface area contributed by atoms with Crippen molar-refractivity contribution in [3.05, 3.63) is 47.6 Å². The molecule has 4 N–H and O–H groups in total. The van der Waals surface area contributed by atoms with Crippen molar-refractivity contribution < 1.29 is 76.1 Å². The molecule has 18 nitrogen and oxygen atoms in total. The van der Waals surface area contributed by atoms with Crippen molar-refractivity contribution in [1.29, 1.82) is 0 Å². The predicted octanol–water partition coefficient (Wildman–Crippen LogP) is 5.12. The van der Waals surface area contributed by atoms with Crippen LogP contribution < -0.4 is 4.72 Å². The van der Waals surface area contributed by atoms with Gasteiger partial charge in [-0.15, -0.1) is 0 Å². The average Bonchev–Trinajstić information content (AvgIpc) is 3.36. The Bertz CT molecular complexity index is 2110. The van der Waals surface area contributed by atoms with Crippen LogP contribution in [0.5, 0.6) is 0 Å². The van der Waals surface area contributed by atoms with E-state index in [1.54, 1.807) is 66.0 Å². The number of allylic oxidation sites excluding steroid dienone is 6. The number of nitrogens with one attached hydrogen (secondary N) is 1. The molecule has 2 bridgehead atoms. The normalized spacial score (nSPS) is 37.2. The van der Waals surface area contributed by atoms with Gasteiger partial charge >= 0.3 is 5.97 Å². The van der Waals surface area contributed by atoms with Crippen molar-refractivity contribution in [1.82, 2.24) is 9.62 Å². The van der Waals surface area contributed by atoms with Crippen LogP contribution in [-0.4, -0.2) is 166 Å². The predicted molar refractivity (Wildman–Crippen MR) is 278 cm³/mol. The van der Waals surface area contributed by atoms with Crippen LogP contribution in [0.15, 0.2) is 47.6 Å². The quantitative estimate of drug-likeness (QED) is 0.0809. The fraction of sp³-hybridized carbons (Fsp3) is 0.764. The van der Waals surface area contributed by atoms with Gasteiger partial charge in [0.15, 0.2) is 5.78 Å². The van der Waals surface area contributed by atoms with Gasteiger partial charge in [0.05, 0.1) is 43.9 Å². The second kappa shape index (κ2) is 29.9. The Morgan fingerprint density at radius 3 is 2.28 bits per heavy atom. The van der Waals surface area contributed by atoms with Gasteiger partial charge < -0.3 is 48.6 Å². The Hall–Kier alpha value is -3.50. The van der Waals surface area contributed by atoms with Crippen LogP contribution in [0.4, 0.5) is 0 Å². The second-order valence-corrected chi connectivity index (χ2v) is 23.3. The third-order valence-corrected chi connectivity index (χ3v) is 16.9. The summed E-state index contributed by atoms with van der Waals surface area (Å²) in [6.45, 7) is 12.7. The van der Waals surface area contributed by atoms with Crippen LogP contribution in [0.1, 0.15) is 126 Å². The van der Waals surface area contributed by atoms with E-state index in [1.807, 2.05) is 26.0 Å². The molecule has 0 radical (unpaired) electrons. The standard InChI is InChI=1S/C55H88N2O16S/c1-34-16-12-11-13-17-35(2)43(56-74(66,67)27-26-71-25-24-68-8)32-42-21-19-40(7)55(65,73-42)52(62)53(63)57-23-15-14-18-44(57)54(64)72-47(37(4)30-41-20-22-45(58)48(31-41)69-9)33-46(59)36(3)29-39(6)50(61)51(70-10)49(60)38(5)28-34/h11-13,16-17,29,34,36-38,40-45,47-48,50-51,56,58,61,65H,14-15,18-28,30-33H2,1-10H3/b13-11+,16-12+,35-17+,39-29+/t34-,36-,37-,38-,40-,41+,42+,43+,44+,45-,47+,48-,50-,51+,55-/m1/s1. The largest absolute Gasteiger partial charge is 0.460 e. The molecule has 3 heterocycles. The van der Waals surface area contributed by atoms with Crippen LogP contribution in [-0.2, 0) is 62.4 Å². The van der Waals surface area contributed by atoms with Crippen LogP contribution in [0.25, 0.3) is 0 Å². The van der Waals surface area contributed by atoms with E-state index in [9.17, 15) is 47.7 Å². The molecule has 4 rings (SSSR count). The highest BCUT2D eigenvalue weighted by Gasteiger charge is 2.53. The maximum absolute atomic E-state index is 14.5. The van der Waals surface area contributed by atoms with Gasteiger partial charge in [0, 0.05) is 58.1 Å². The van der Waals surface area contributed by atoms with E-state index in [0.29, 0.717) is 69.1 Å². The molecule has 74 heavy (non-hydrogen) atoms. The van der Waals surface area contributed by atoms with Crippen molar-refractivity contribution in [3.63, 3.8) is 0 Å². The third kappa shape index (κ3) is 18.0. The number of ether oxygens (including phenoxy) is 6. The Kier molecular flexibility index (Phi) is 25.4. The maximum Gasteiger partial charge on any atom is 0.329 e. The van der Waals surface area contributed by atoms with Crippen molar-refractivity contribution >= 4 is 39.2 Å². The Morgan fingerprint density at radius 1 is 0.865 bits per heavy atom. The number of methoxy groups -OCH3 is 3. The van der Waals surface area contributed by atoms with Gasteiger partial charge in [-0.1, -0.05) is 76.6 Å². The first kappa shape index (κ1) is 63.0. The maximum atomic E-state index is 14.5. The van der Waals surface area contributed by atoms with Crippen molar-refractivity contribution in [2.75, 3.05) is 53.4 Å². The number of amides is 1. The molecule has 15 atom stereocenters. The number of esters is 1. The number of ketones is 3. The molecule has 3 aliphatic heterocycles. The van der Waals surface area contributed by atoms with Crippen molar-refractivity contribution in [3.8, 4) is 0 Å². The van der Waals surface area contributed by atoms with E-state index in [0.717, 1.165) is 4.90 Å². The zero-order valence-corrected chi connectivity index (χ0v) is 46.4. The highest BCUT2D eigenvalue weighted by Crippen LogP contribution is 2.38. The van der Waals surface area contributed by atoms with Gasteiger partial charge in [-0.05, 0) is 108 Å². The van der Waals surface area contributed by atoms with E-state index in [2.05, 4.69) is 4.72 Å². The van der Waals surface area contributed by atoms with E-state index in [4.69, 9.17) is 28.4 Å². The molecule has 1 amide bonds. The summed E-state index contributed by atoms with van der Waals surface area (Å²) < 4.78 is 63.8. The summed E-state index contributed by atoms with van der Waals surface area (Å²) in [5.41, 5.74) is 0.940. The lowest BCUT2D eigenvalue weighted by Gasteiger charge is -2.43. The molecule has 4 aliphatic rings. The smallest absolute Gasteiger partial charge is 0.329 e. The number of rotatable bonds is 13. The summed E-state index contributed by atoms with van der Waals surface area (Å²) in [5, 5.41) is 34.2. The fourth-order valence-electron chi connectivity index (χ4n) is 10.7. The van der Waals surface area contributed by atoms with Crippen molar-refractivity contribution in [2.45, 2.75) is 180 Å². The summed E-state index contributed by atoms with van der Waals surface area (Å²) in [6, 6.07) is -2.10. The first-order chi connectivity index (χ1) is 35.0. The van der Waals surface area contributed by atoms with Gasteiger partial charge in [-0.2, -0.15) is 0 Å². The van der Waals surface area contributed by atoms with Crippen LogP contribution in [0, 0.1) is 35.5 Å². The van der Waals surface area contributed by atoms with E-state index >= 15 is 0 Å². The zero-order valence-electron chi connectivity index (χ0n) is 45.6. The van der Waals surface area contributed by atoms with E-state index in [-0.39, 0.29) is 86.6 Å². The molecule has 19 heteroatoms. The first-order valence-corrected chi connectivity index (χ1v) is 28.3. The molecular weight excluding hydrogens is 977 g/mol. The van der Waals surface area contributed by atoms with Gasteiger partial charge in [0.2, 0.25) is 15.8 Å². The molecule has 3 fully saturated rings. The summed E-state index contributed by atoms with van der Waals surface area (Å²) in [6.07, 6.45) is 9.37. The van der Waals surface area contributed by atoms with E-state index in [1.165, 1.54) is 14.2 Å². The number of nitrogens with zero attached hydrogens (tertiary/aromatic N) is 1. The molecule has 1 saturated carbocycles. The number of aliphatic hydroxyl groups excluding tert-OH is 2. The minimum absolute atomic E-state index is 0.00935. The fourth-order valence-corrected chi connectivity index (χ4v) is 11.9. The summed E-state index contributed by atoms with van der Waals surface area (Å²) in [7, 11) is 0.458. The minimum atomic E-state index is -3.95. The highest BCUT2D eigenvalue weighted by molar-refractivity contribution is 7.89. The summed E-state index contributed by atoms with van der Waals surface area (Å²) in [5.74, 6) is -9.29.